The molecule has 38 heavy (non-hydrogen) atoms. The van der Waals surface area contributed by atoms with Gasteiger partial charge in [0.05, 0.1) is 24.8 Å². The summed E-state index contributed by atoms with van der Waals surface area (Å²) in [6.45, 7) is 7.18. The molecule has 8 heteroatoms. The van der Waals surface area contributed by atoms with Crippen molar-refractivity contribution in [2.24, 2.45) is 17.6 Å². The van der Waals surface area contributed by atoms with Gasteiger partial charge in [-0.25, -0.2) is 9.97 Å². The topological polar surface area (TPSA) is 96.6 Å². The number of carbonyl (C=O) groups is 1. The second-order valence-electron chi connectivity index (χ2n) is 11.2. The number of carbonyl (C=O) groups excluding carboxylic acids is 1. The number of hydrogen-bond acceptors (Lipinski definition) is 8. The molecule has 1 aromatic carbocycles. The Labute approximate surface area is 226 Å². The number of allylic oxidation sites excluding steroid dienone is 2. The molecule has 3 atom stereocenters. The van der Waals surface area contributed by atoms with Gasteiger partial charge in [0.25, 0.3) is 0 Å². The lowest BCUT2D eigenvalue weighted by Gasteiger charge is -2.37. The molecule has 8 nitrogen and oxygen atoms in total. The Hall–Kier alpha value is -2.97. The molecule has 2 aromatic rings. The number of hydrogen-bond donors (Lipinski definition) is 2. The van der Waals surface area contributed by atoms with E-state index in [9.17, 15) is 4.79 Å². The van der Waals surface area contributed by atoms with Crippen LogP contribution < -0.4 is 16.0 Å². The van der Waals surface area contributed by atoms with Gasteiger partial charge in [0.1, 0.15) is 12.0 Å². The Morgan fingerprint density at radius 1 is 1.16 bits per heavy atom. The van der Waals surface area contributed by atoms with Gasteiger partial charge in [0.2, 0.25) is 5.95 Å². The van der Waals surface area contributed by atoms with Crippen LogP contribution in [0.4, 0.5) is 17.3 Å². The lowest BCUT2D eigenvalue weighted by Crippen LogP contribution is -2.48. The number of nitrogens with two attached hydrogens (primary N) is 1. The molecular formula is C30H42N6O2. The van der Waals surface area contributed by atoms with Crippen molar-refractivity contribution in [3.63, 3.8) is 0 Å². The molecule has 3 unspecified atom stereocenters. The van der Waals surface area contributed by atoms with Crippen molar-refractivity contribution in [2.45, 2.75) is 57.4 Å². The first kappa shape index (κ1) is 26.6. The number of fused-ring (bicyclic) bond motifs is 1. The van der Waals surface area contributed by atoms with Crippen LogP contribution in [-0.2, 0) is 16.0 Å². The number of piperazine rings is 1. The molecule has 5 rings (SSSR count). The number of aromatic nitrogens is 2. The maximum Gasteiger partial charge on any atom is 0.227 e. The van der Waals surface area contributed by atoms with Crippen LogP contribution in [0.2, 0.25) is 0 Å². The average molecular weight is 519 g/mol. The largest absolute Gasteiger partial charge is 0.501 e. The lowest BCUT2D eigenvalue weighted by molar-refractivity contribution is -0.109. The van der Waals surface area contributed by atoms with E-state index >= 15 is 0 Å². The van der Waals surface area contributed by atoms with Gasteiger partial charge in [-0.05, 0) is 73.4 Å². The van der Waals surface area contributed by atoms with Crippen LogP contribution in [0, 0.1) is 11.8 Å². The normalized spacial score (nSPS) is 21.9. The Morgan fingerprint density at radius 2 is 1.89 bits per heavy atom. The molecule has 1 saturated carbocycles. The van der Waals surface area contributed by atoms with Crippen LogP contribution in [0.15, 0.2) is 42.3 Å². The summed E-state index contributed by atoms with van der Waals surface area (Å²) < 4.78 is 5.80. The standard InChI is InChI=1S/C30H42N6O2/c1-21(17-24(31)20-37)19-35-13-15-36(16-14-35)26-10-8-25(9-11-26)33-30-32-18-23-7-12-27(38-2)28(29(23)34-30)22-5-3-4-6-22/h8-12,18,20-22,24,28H,3-7,13-17,19,31H2,1-2H3,(H,32,33,34). The van der Waals surface area contributed by atoms with Gasteiger partial charge in [-0.2, -0.15) is 0 Å². The van der Waals surface area contributed by atoms with Gasteiger partial charge in [-0.15, -0.1) is 0 Å². The van der Waals surface area contributed by atoms with Gasteiger partial charge in [0, 0.05) is 50.3 Å². The molecule has 0 bridgehead atoms. The van der Waals surface area contributed by atoms with Gasteiger partial charge < -0.3 is 25.5 Å². The van der Waals surface area contributed by atoms with E-state index < -0.39 is 0 Å². The predicted molar refractivity (Wildman–Crippen MR) is 152 cm³/mol. The first-order valence-corrected chi connectivity index (χ1v) is 14.2. The zero-order valence-corrected chi connectivity index (χ0v) is 22.8. The molecule has 3 N–H and O–H groups in total. The number of aldehydes is 1. The highest BCUT2D eigenvalue weighted by Crippen LogP contribution is 2.44. The molecule has 1 saturated heterocycles. The van der Waals surface area contributed by atoms with Crippen molar-refractivity contribution in [1.82, 2.24) is 14.9 Å². The summed E-state index contributed by atoms with van der Waals surface area (Å²) >= 11 is 0. The molecule has 0 spiro atoms. The van der Waals surface area contributed by atoms with Crippen molar-refractivity contribution in [3.05, 3.63) is 53.6 Å². The fourth-order valence-electron chi connectivity index (χ4n) is 6.44. The van der Waals surface area contributed by atoms with E-state index in [2.05, 4.69) is 57.4 Å². The summed E-state index contributed by atoms with van der Waals surface area (Å²) in [5, 5.41) is 3.43. The average Bonchev–Trinajstić information content (AvgIpc) is 3.47. The van der Waals surface area contributed by atoms with Crippen molar-refractivity contribution < 1.29 is 9.53 Å². The van der Waals surface area contributed by atoms with Crippen LogP contribution in [0.25, 0.3) is 0 Å². The van der Waals surface area contributed by atoms with Crippen LogP contribution in [0.3, 0.4) is 0 Å². The molecular weight excluding hydrogens is 476 g/mol. The maximum atomic E-state index is 10.8. The van der Waals surface area contributed by atoms with Crippen molar-refractivity contribution in [3.8, 4) is 0 Å². The molecule has 1 aliphatic heterocycles. The summed E-state index contributed by atoms with van der Waals surface area (Å²) in [5.41, 5.74) is 10.4. The summed E-state index contributed by atoms with van der Waals surface area (Å²) in [5.74, 6) is 2.97. The van der Waals surface area contributed by atoms with Gasteiger partial charge in [-0.3, -0.25) is 4.90 Å². The van der Waals surface area contributed by atoms with E-state index in [1.165, 1.54) is 36.9 Å². The van der Waals surface area contributed by atoms with E-state index in [1.807, 2.05) is 6.20 Å². The third-order valence-electron chi connectivity index (χ3n) is 8.41. The van der Waals surface area contributed by atoms with Crippen LogP contribution in [0.1, 0.15) is 56.2 Å². The first-order valence-electron chi connectivity index (χ1n) is 14.2. The summed E-state index contributed by atoms with van der Waals surface area (Å²) in [6, 6.07) is 8.23. The lowest BCUT2D eigenvalue weighted by atomic mass is 9.81. The summed E-state index contributed by atoms with van der Waals surface area (Å²) in [7, 11) is 1.78. The molecule has 1 aromatic heterocycles. The number of rotatable bonds is 10. The minimum Gasteiger partial charge on any atom is -0.501 e. The molecule has 0 amide bonds. The zero-order chi connectivity index (χ0) is 26.5. The number of benzene rings is 1. The van der Waals surface area contributed by atoms with Crippen molar-refractivity contribution in [1.29, 1.82) is 0 Å². The summed E-state index contributed by atoms with van der Waals surface area (Å²) in [6.07, 6.45) is 11.7. The number of methoxy groups -OCH3 is 1. The maximum absolute atomic E-state index is 10.8. The van der Waals surface area contributed by atoms with E-state index in [0.29, 0.717) is 17.8 Å². The Morgan fingerprint density at radius 3 is 2.58 bits per heavy atom. The molecule has 0 radical (unpaired) electrons. The molecule has 2 fully saturated rings. The predicted octanol–water partition coefficient (Wildman–Crippen LogP) is 4.25. The smallest absolute Gasteiger partial charge is 0.227 e. The van der Waals surface area contributed by atoms with E-state index in [-0.39, 0.29) is 12.0 Å². The highest BCUT2D eigenvalue weighted by atomic mass is 16.5. The summed E-state index contributed by atoms with van der Waals surface area (Å²) in [4.78, 5) is 25.4. The fourth-order valence-corrected chi connectivity index (χ4v) is 6.44. The van der Waals surface area contributed by atoms with Gasteiger partial charge >= 0.3 is 0 Å². The number of ether oxygens (including phenoxy) is 1. The fraction of sp³-hybridized carbons (Fsp3) is 0.567. The van der Waals surface area contributed by atoms with Crippen molar-refractivity contribution in [2.75, 3.05) is 50.1 Å². The number of nitrogens with zero attached hydrogens (tertiary/aromatic N) is 4. The Bertz CT molecular complexity index is 1110. The Balaban J connectivity index is 1.19. The first-order chi connectivity index (χ1) is 18.5. The minimum atomic E-state index is -0.349. The third-order valence-corrected chi connectivity index (χ3v) is 8.41. The van der Waals surface area contributed by atoms with Crippen molar-refractivity contribution >= 4 is 23.6 Å². The van der Waals surface area contributed by atoms with Crippen LogP contribution in [-0.4, -0.2) is 67.0 Å². The van der Waals surface area contributed by atoms with E-state index in [0.717, 1.165) is 69.0 Å². The third kappa shape index (κ3) is 6.18. The van der Waals surface area contributed by atoms with Crippen LogP contribution >= 0.6 is 0 Å². The zero-order valence-electron chi connectivity index (χ0n) is 22.8. The monoisotopic (exact) mass is 518 g/mol. The highest BCUT2D eigenvalue weighted by Gasteiger charge is 2.35. The van der Waals surface area contributed by atoms with Gasteiger partial charge in [-0.1, -0.05) is 19.8 Å². The quantitative estimate of drug-likeness (QED) is 0.451. The van der Waals surface area contributed by atoms with E-state index in [1.54, 1.807) is 7.11 Å². The Kier molecular flexibility index (Phi) is 8.59. The molecule has 2 heterocycles. The minimum absolute atomic E-state index is 0.237. The van der Waals surface area contributed by atoms with Crippen LogP contribution in [0.5, 0.6) is 0 Å². The number of nitrogens with one attached hydrogen (secondary N) is 1. The van der Waals surface area contributed by atoms with Gasteiger partial charge in [0.15, 0.2) is 0 Å². The highest BCUT2D eigenvalue weighted by molar-refractivity contribution is 5.60. The number of anilines is 3. The second kappa shape index (κ2) is 12.3. The second-order valence-corrected chi connectivity index (χ2v) is 11.2. The molecule has 3 aliphatic rings. The SMILES string of the molecule is COC1=CCc2cnc(Nc3ccc(N4CCN(CC(C)CC(N)C=O)CC4)cc3)nc2C1C1CCCC1. The molecule has 204 valence electrons. The van der Waals surface area contributed by atoms with E-state index in [4.69, 9.17) is 15.5 Å². The molecule has 2 aliphatic carbocycles.